The molecule has 0 aromatic rings. The Kier molecular flexibility index (Phi) is 5.14. The van der Waals surface area contributed by atoms with E-state index in [-0.39, 0.29) is 14.2 Å². The molecule has 0 amide bonds. The summed E-state index contributed by atoms with van der Waals surface area (Å²) < 4.78 is 118. The maximum atomic E-state index is 12.4. The highest BCUT2D eigenvalue weighted by atomic mass is 19.4. The number of ether oxygens (including phenoxy) is 2. The van der Waals surface area contributed by atoms with Crippen LogP contribution in [0.4, 0.5) is 39.5 Å². The minimum atomic E-state index is -5.93. The summed E-state index contributed by atoms with van der Waals surface area (Å²) >= 11 is 0. The fourth-order valence-corrected chi connectivity index (χ4v) is 1.19. The number of rotatable bonds is 3. The number of hydrogen-bond acceptors (Lipinski definition) is 2. The van der Waals surface area contributed by atoms with Crippen molar-refractivity contribution in [2.45, 2.75) is 24.6 Å². The van der Waals surface area contributed by atoms with Gasteiger partial charge in [-0.1, -0.05) is 0 Å². The molecule has 0 radical (unpaired) electrons. The molecule has 2 nitrogen and oxygen atoms in total. The Bertz CT molecular complexity index is 336. The van der Waals surface area contributed by atoms with E-state index in [1.165, 1.54) is 0 Å². The highest BCUT2D eigenvalue weighted by Crippen LogP contribution is 2.43. The number of alkyl halides is 9. The van der Waals surface area contributed by atoms with Crippen molar-refractivity contribution in [1.82, 2.24) is 0 Å². The van der Waals surface area contributed by atoms with Gasteiger partial charge < -0.3 is 9.47 Å². The zero-order valence-electron chi connectivity index (χ0n) is 9.30. The molecule has 0 aliphatic heterocycles. The third-order valence-electron chi connectivity index (χ3n) is 1.81. The lowest BCUT2D eigenvalue weighted by Crippen LogP contribution is -2.41. The van der Waals surface area contributed by atoms with Gasteiger partial charge in [-0.2, -0.15) is 39.5 Å². The summed E-state index contributed by atoms with van der Waals surface area (Å²) in [5.41, 5.74) is -2.99. The molecular formula is C8H7F9O2. The largest absolute Gasteiger partial charge is 0.492 e. The van der Waals surface area contributed by atoms with Crippen molar-refractivity contribution in [3.63, 3.8) is 0 Å². The van der Waals surface area contributed by atoms with Gasteiger partial charge in [-0.15, -0.1) is 0 Å². The number of halogens is 9. The van der Waals surface area contributed by atoms with Gasteiger partial charge in [-0.3, -0.25) is 0 Å². The molecule has 19 heavy (non-hydrogen) atoms. The van der Waals surface area contributed by atoms with Gasteiger partial charge in [0.15, 0.2) is 6.10 Å². The molecule has 114 valence electrons. The Labute approximate surface area is 100 Å². The first-order chi connectivity index (χ1) is 8.26. The van der Waals surface area contributed by atoms with E-state index in [9.17, 15) is 39.5 Å². The van der Waals surface area contributed by atoms with Crippen LogP contribution < -0.4 is 0 Å². The van der Waals surface area contributed by atoms with E-state index in [2.05, 4.69) is 9.47 Å². The summed E-state index contributed by atoms with van der Waals surface area (Å²) in [5.74, 6) is -2.80. The van der Waals surface area contributed by atoms with Gasteiger partial charge in [-0.25, -0.2) is 0 Å². The van der Waals surface area contributed by atoms with Gasteiger partial charge in [0.25, 0.3) is 0 Å². The van der Waals surface area contributed by atoms with Crippen LogP contribution in [0.2, 0.25) is 0 Å². The third-order valence-corrected chi connectivity index (χ3v) is 1.81. The summed E-state index contributed by atoms with van der Waals surface area (Å²) in [6, 6.07) is 0. The number of allylic oxidation sites excluding steroid dienone is 1. The molecular weight excluding hydrogens is 299 g/mol. The summed E-state index contributed by atoms with van der Waals surface area (Å²) in [6.45, 7) is 0. The second-order valence-electron chi connectivity index (χ2n) is 3.10. The molecule has 0 aromatic carbocycles. The van der Waals surface area contributed by atoms with Crippen LogP contribution in [0.5, 0.6) is 0 Å². The normalized spacial score (nSPS) is 17.0. The van der Waals surface area contributed by atoms with E-state index in [0.29, 0.717) is 0 Å². The molecule has 0 heterocycles. The first-order valence-electron chi connectivity index (χ1n) is 4.28. The number of methoxy groups -OCH3 is 2. The molecule has 0 saturated carbocycles. The lowest BCUT2D eigenvalue weighted by molar-refractivity contribution is -0.224. The van der Waals surface area contributed by atoms with E-state index in [4.69, 9.17) is 0 Å². The van der Waals surface area contributed by atoms with Crippen LogP contribution in [0.25, 0.3) is 0 Å². The van der Waals surface area contributed by atoms with Crippen molar-refractivity contribution in [3.05, 3.63) is 11.3 Å². The lowest BCUT2D eigenvalue weighted by Gasteiger charge is -2.26. The quantitative estimate of drug-likeness (QED) is 0.586. The second kappa shape index (κ2) is 5.47. The van der Waals surface area contributed by atoms with Gasteiger partial charge in [0.2, 0.25) is 5.76 Å². The van der Waals surface area contributed by atoms with Crippen molar-refractivity contribution in [2.75, 3.05) is 14.2 Å². The van der Waals surface area contributed by atoms with Gasteiger partial charge in [-0.05, 0) is 0 Å². The lowest BCUT2D eigenvalue weighted by atomic mass is 10.1. The fourth-order valence-electron chi connectivity index (χ4n) is 1.19. The van der Waals surface area contributed by atoms with E-state index >= 15 is 0 Å². The van der Waals surface area contributed by atoms with Crippen molar-refractivity contribution in [2.24, 2.45) is 0 Å². The fraction of sp³-hybridized carbons (Fsp3) is 0.750. The van der Waals surface area contributed by atoms with Crippen molar-refractivity contribution in [3.8, 4) is 0 Å². The molecule has 0 bridgehead atoms. The minimum absolute atomic E-state index is 0.178. The highest BCUT2D eigenvalue weighted by Gasteiger charge is 2.57. The summed E-state index contributed by atoms with van der Waals surface area (Å²) in [6.07, 6.45) is -21.2. The Morgan fingerprint density at radius 2 is 1.21 bits per heavy atom. The second-order valence-corrected chi connectivity index (χ2v) is 3.10. The summed E-state index contributed by atoms with van der Waals surface area (Å²) in [5, 5.41) is 0. The molecule has 11 heteroatoms. The maximum Gasteiger partial charge on any atom is 0.449 e. The summed E-state index contributed by atoms with van der Waals surface area (Å²) in [7, 11) is 0.380. The van der Waals surface area contributed by atoms with E-state index in [1.54, 1.807) is 0 Å². The topological polar surface area (TPSA) is 18.5 Å². The van der Waals surface area contributed by atoms with Crippen LogP contribution in [-0.4, -0.2) is 38.9 Å². The molecule has 0 fully saturated rings. The number of hydrogen-bond donors (Lipinski definition) is 0. The predicted octanol–water partition coefficient (Wildman–Crippen LogP) is 3.59. The zero-order valence-corrected chi connectivity index (χ0v) is 9.30. The van der Waals surface area contributed by atoms with Crippen LogP contribution in [0.1, 0.15) is 0 Å². The predicted molar refractivity (Wildman–Crippen MR) is 43.0 cm³/mol. The van der Waals surface area contributed by atoms with Gasteiger partial charge >= 0.3 is 18.5 Å². The Morgan fingerprint density at radius 1 is 0.789 bits per heavy atom. The Morgan fingerprint density at radius 3 is 1.37 bits per heavy atom. The van der Waals surface area contributed by atoms with Gasteiger partial charge in [0.1, 0.15) is 5.57 Å². The van der Waals surface area contributed by atoms with Gasteiger partial charge in [0, 0.05) is 7.11 Å². The van der Waals surface area contributed by atoms with Crippen molar-refractivity contribution >= 4 is 0 Å². The monoisotopic (exact) mass is 306 g/mol. The van der Waals surface area contributed by atoms with E-state index in [1.807, 2.05) is 0 Å². The molecule has 0 spiro atoms. The van der Waals surface area contributed by atoms with Crippen LogP contribution in [0, 0.1) is 0 Å². The Balaban J connectivity index is 6.18. The molecule has 0 aliphatic rings. The molecule has 0 aliphatic carbocycles. The smallest absolute Gasteiger partial charge is 0.449 e. The molecule has 0 N–H and O–H groups in total. The molecule has 1 unspecified atom stereocenters. The third kappa shape index (κ3) is 4.48. The average Bonchev–Trinajstić information content (AvgIpc) is 2.11. The minimum Gasteiger partial charge on any atom is -0.492 e. The molecule has 0 aromatic heterocycles. The first kappa shape index (κ1) is 17.9. The van der Waals surface area contributed by atoms with E-state index in [0.717, 1.165) is 0 Å². The van der Waals surface area contributed by atoms with Crippen LogP contribution in [-0.2, 0) is 9.47 Å². The SMILES string of the molecule is CO/C(=C(/C(OC)C(F)(F)F)C(F)(F)F)C(F)(F)F. The molecule has 1 atom stereocenters. The molecule has 0 saturated heterocycles. The maximum absolute atomic E-state index is 12.4. The van der Waals surface area contributed by atoms with Crippen LogP contribution >= 0.6 is 0 Å². The zero-order chi connectivity index (χ0) is 15.6. The highest BCUT2D eigenvalue weighted by molar-refractivity contribution is 5.24. The average molecular weight is 306 g/mol. The van der Waals surface area contributed by atoms with Crippen LogP contribution in [0.3, 0.4) is 0 Å². The van der Waals surface area contributed by atoms with Crippen LogP contribution in [0.15, 0.2) is 11.3 Å². The van der Waals surface area contributed by atoms with Crippen molar-refractivity contribution < 1.29 is 49.0 Å². The summed E-state index contributed by atoms with van der Waals surface area (Å²) in [4.78, 5) is 0. The standard InChI is InChI=1S/C8H7F9O2/c1-18-4(7(12,13)14)3(6(9,10)11)5(19-2)8(15,16)17/h4H,1-2H3/b5-3-. The molecule has 0 rings (SSSR count). The Hall–Kier alpha value is -1.13. The van der Waals surface area contributed by atoms with Gasteiger partial charge in [0.05, 0.1) is 7.11 Å². The van der Waals surface area contributed by atoms with E-state index < -0.39 is 36.0 Å². The first-order valence-corrected chi connectivity index (χ1v) is 4.28. The van der Waals surface area contributed by atoms with Crippen molar-refractivity contribution in [1.29, 1.82) is 0 Å².